The van der Waals surface area contributed by atoms with Crippen molar-refractivity contribution in [2.24, 2.45) is 5.73 Å². The largest absolute Gasteiger partial charge is 1.00 e. The van der Waals surface area contributed by atoms with E-state index < -0.39 is 138 Å². The van der Waals surface area contributed by atoms with Crippen molar-refractivity contribution in [1.29, 1.82) is 0 Å². The van der Waals surface area contributed by atoms with Gasteiger partial charge in [-0.2, -0.15) is 0 Å². The Bertz CT molecular complexity index is 2790. The van der Waals surface area contributed by atoms with E-state index in [1.165, 1.54) is 72.8 Å². The quantitative estimate of drug-likeness (QED) is 0.0415. The van der Waals surface area contributed by atoms with Crippen molar-refractivity contribution >= 4 is 88.6 Å². The predicted octanol–water partition coefficient (Wildman–Crippen LogP) is -9.08. The van der Waals surface area contributed by atoms with Gasteiger partial charge in [0.1, 0.15) is 77.0 Å². The zero-order chi connectivity index (χ0) is 55.2. The van der Waals surface area contributed by atoms with Crippen LogP contribution >= 0.6 is 35.3 Å². The Kier molecular flexibility index (Phi) is 22.6. The fraction of sp³-hybridized carbons (Fsp3) is 0.438. The van der Waals surface area contributed by atoms with Crippen molar-refractivity contribution in [3.63, 3.8) is 0 Å². The first-order valence-electron chi connectivity index (χ1n) is 23.2. The minimum absolute atomic E-state index is 0. The summed E-state index contributed by atoms with van der Waals surface area (Å²) in [5.41, 5.74) is 6.62. The number of phenolic OH excluding ortho intramolecular Hbond substituents is 3. The molecule has 15 N–H and O–H groups in total. The Labute approximate surface area is 526 Å². The van der Waals surface area contributed by atoms with Crippen LogP contribution < -0.4 is 132 Å². The van der Waals surface area contributed by atoms with E-state index >= 15 is 0 Å². The van der Waals surface area contributed by atoms with E-state index in [9.17, 15) is 73.8 Å². The summed E-state index contributed by atoms with van der Waals surface area (Å²) >= 11 is 3.11. The topological polar surface area (TPSA) is 388 Å². The molecule has 12 atom stereocenters. The summed E-state index contributed by atoms with van der Waals surface area (Å²) in [7, 11) is 0. The number of carboxylic acids is 3. The molecule has 3 aromatic carbocycles. The molecule has 0 radical (unpaired) electrons. The third-order valence-corrected chi connectivity index (χ3v) is 17.8. The second-order valence-electron chi connectivity index (χ2n) is 19.9. The predicted molar refractivity (Wildman–Crippen MR) is 273 cm³/mol. The zero-order valence-electron chi connectivity index (χ0n) is 44.0. The number of aliphatic carboxylic acids is 3. The van der Waals surface area contributed by atoms with Gasteiger partial charge in [-0.15, -0.1) is 35.3 Å². The third-order valence-electron chi connectivity index (χ3n) is 13.2. The molecule has 4 saturated heterocycles. The average Bonchev–Trinajstić information content (AvgIpc) is 3.94. The molecule has 402 valence electrons. The smallest absolute Gasteiger partial charge is 0.508 e. The fourth-order valence-electron chi connectivity index (χ4n) is 9.30. The van der Waals surface area contributed by atoms with Gasteiger partial charge >= 0.3 is 107 Å². The molecule has 0 aromatic heterocycles. The molecule has 3 aromatic rings. The van der Waals surface area contributed by atoms with Crippen LogP contribution in [0.4, 0.5) is 0 Å². The molecule has 78 heavy (non-hydrogen) atoms. The Morgan fingerprint density at radius 2 is 0.897 bits per heavy atom. The maximum atomic E-state index is 15.0. The van der Waals surface area contributed by atoms with E-state index in [0.29, 0.717) is 0 Å². The second-order valence-corrected chi connectivity index (χ2v) is 25.2. The van der Waals surface area contributed by atoms with Gasteiger partial charge in [0.15, 0.2) is 0 Å². The minimum atomic E-state index is -1.80. The number of amides is 6. The van der Waals surface area contributed by atoms with Crippen LogP contribution in [0.15, 0.2) is 72.8 Å². The number of phenols is 3. The van der Waals surface area contributed by atoms with E-state index in [4.69, 9.17) is 5.73 Å². The van der Waals surface area contributed by atoms with Crippen LogP contribution in [-0.2, 0) is 43.2 Å². The number of carbonyl (C=O) groups excluding carboxylic acids is 6. The third kappa shape index (κ3) is 14.4. The maximum absolute atomic E-state index is 15.0. The Balaban J connectivity index is 0.00000437. The summed E-state index contributed by atoms with van der Waals surface area (Å²) in [6.07, 6.45) is 0. The number of nitrogens with one attached hydrogen (secondary N) is 7. The van der Waals surface area contributed by atoms with Crippen LogP contribution in [0.2, 0.25) is 0 Å². The molecule has 4 aliphatic heterocycles. The standard InChI is InChI=1S/C48H57N9O15S3.3Na/c1-46(2)31(43(67)68)55-39(73-46)28(52-34(61)25(49)19-7-13-22(58)14-8-19)37(64)50-26(20-9-15-23(59)16-10-20)35(62)53-29(40-56-32(44(69)70)47(3,4)74-40)38(65)51-27(21-11-17-24(60)18-12-21)36(63)54-30-41(66)57-33(45(71)72)48(5,6)75-42(30)57;;;/h7-18,25-33,39-40,42,55-56,58-60H,49H2,1-6H3,(H,50,64)(H,51,65)(H,52,61)(H,53,62)(H,54,63)(H,67,68)(H,69,70)(H,71,72);;;/q;3*+1/t25?,26-,27-,28+,29-,30-,31+,32+,33+,39-,40-,42-;;;/m1.../s1. The van der Waals surface area contributed by atoms with E-state index in [0.717, 1.165) is 40.2 Å². The van der Waals surface area contributed by atoms with Crippen molar-refractivity contribution in [2.75, 3.05) is 0 Å². The molecule has 0 saturated carbocycles. The average molecular weight is 1170 g/mol. The van der Waals surface area contributed by atoms with E-state index in [-0.39, 0.29) is 123 Å². The van der Waals surface area contributed by atoms with Gasteiger partial charge in [-0.1, -0.05) is 36.4 Å². The minimum Gasteiger partial charge on any atom is -0.508 e. The molecule has 24 nitrogen and oxygen atoms in total. The summed E-state index contributed by atoms with van der Waals surface area (Å²) in [4.78, 5) is 125. The number of hydrogen-bond donors (Lipinski definition) is 14. The van der Waals surface area contributed by atoms with Crippen LogP contribution in [0.1, 0.15) is 76.4 Å². The van der Waals surface area contributed by atoms with Gasteiger partial charge < -0.3 is 67.9 Å². The zero-order valence-corrected chi connectivity index (χ0v) is 52.4. The number of carbonyl (C=O) groups is 9. The molecule has 7 rings (SSSR count). The molecule has 0 spiro atoms. The Morgan fingerprint density at radius 1 is 0.526 bits per heavy atom. The summed E-state index contributed by atoms with van der Waals surface area (Å²) in [6, 6.07) is 1.99. The van der Waals surface area contributed by atoms with Gasteiger partial charge in [-0.25, -0.2) is 4.79 Å². The number of thioether (sulfide) groups is 3. The van der Waals surface area contributed by atoms with Crippen LogP contribution in [-0.4, -0.2) is 156 Å². The molecule has 6 amide bonds. The number of nitrogens with two attached hydrogens (primary N) is 1. The van der Waals surface area contributed by atoms with Gasteiger partial charge in [0.25, 0.3) is 0 Å². The summed E-state index contributed by atoms with van der Waals surface area (Å²) in [5, 5.41) is 76.0. The van der Waals surface area contributed by atoms with Crippen molar-refractivity contribution in [3.8, 4) is 17.2 Å². The Hall–Kier alpha value is -3.78. The van der Waals surface area contributed by atoms with Crippen LogP contribution in [0, 0.1) is 0 Å². The van der Waals surface area contributed by atoms with Gasteiger partial charge in [0.2, 0.25) is 35.4 Å². The molecule has 4 fully saturated rings. The maximum Gasteiger partial charge on any atom is 1.00 e. The van der Waals surface area contributed by atoms with E-state index in [1.54, 1.807) is 41.5 Å². The van der Waals surface area contributed by atoms with Crippen molar-refractivity contribution < 1.29 is 162 Å². The monoisotopic (exact) mass is 1160 g/mol. The molecule has 4 aliphatic rings. The van der Waals surface area contributed by atoms with Gasteiger partial charge in [-0.3, -0.25) is 49.0 Å². The van der Waals surface area contributed by atoms with Crippen molar-refractivity contribution in [3.05, 3.63) is 89.5 Å². The van der Waals surface area contributed by atoms with Gasteiger partial charge in [0.05, 0.1) is 10.7 Å². The Morgan fingerprint density at radius 3 is 1.27 bits per heavy atom. The molecule has 4 heterocycles. The van der Waals surface area contributed by atoms with E-state index in [1.807, 2.05) is 0 Å². The van der Waals surface area contributed by atoms with Crippen molar-refractivity contribution in [2.45, 2.75) is 126 Å². The molecule has 30 heteroatoms. The SMILES string of the molecule is CC1(C)S[C@@H]2[C@H](NC(=O)[C@H](NC(=O)[C@@H](NC(=O)[C@H](NC(=O)[C@H](NC(=O)C(N)c3ccc(O)cc3)[C@@H]3N[C@@H](C(=O)O)C(C)(C)S3)c3ccc(O)cc3)[C@@H]3N[C@@H](C(=O)O)C(C)(C)S3)c3ccc(O)cc3)C(=O)N2[C@H]1C(=O)O.[Na+].[Na+].[Na+]. The second kappa shape index (κ2) is 26.4. The van der Waals surface area contributed by atoms with Crippen LogP contribution in [0.3, 0.4) is 0 Å². The van der Waals surface area contributed by atoms with Gasteiger partial charge in [0, 0.05) is 14.2 Å². The molecule has 0 bridgehead atoms. The number of β-lactam (4-membered cyclic amide) rings is 1. The first-order valence-corrected chi connectivity index (χ1v) is 25.9. The van der Waals surface area contributed by atoms with Crippen LogP contribution in [0.5, 0.6) is 17.2 Å². The first kappa shape index (κ1) is 66.7. The number of aromatic hydroxyl groups is 3. The molecular formula is C48H57N9Na3O15S3+3. The number of rotatable bonds is 18. The van der Waals surface area contributed by atoms with Crippen LogP contribution in [0.25, 0.3) is 0 Å². The number of fused-ring (bicyclic) bond motifs is 1. The van der Waals surface area contributed by atoms with Crippen molar-refractivity contribution in [1.82, 2.24) is 42.1 Å². The summed E-state index contributed by atoms with van der Waals surface area (Å²) in [6.45, 7) is 9.66. The number of benzene rings is 3. The fourth-order valence-corrected chi connectivity index (χ4v) is 13.9. The number of nitrogens with zero attached hydrogens (tertiary/aromatic N) is 1. The number of hydrogen-bond acceptors (Lipinski definition) is 18. The van der Waals surface area contributed by atoms with E-state index in [2.05, 4.69) is 37.2 Å². The normalized spacial score (nSPS) is 24.9. The number of carboxylic acid groups (broad SMARTS) is 3. The summed E-state index contributed by atoms with van der Waals surface area (Å²) < 4.78 is -3.16. The first-order chi connectivity index (χ1) is 35.0. The summed E-state index contributed by atoms with van der Waals surface area (Å²) in [5.74, 6) is -10.2. The van der Waals surface area contributed by atoms with Gasteiger partial charge in [-0.05, 0) is 94.6 Å². The molecule has 1 unspecified atom stereocenters. The molecular weight excluding hydrogens is 1110 g/mol. The molecule has 0 aliphatic carbocycles.